The Balaban J connectivity index is 2.28. The molecule has 0 amide bonds. The first-order chi connectivity index (χ1) is 10.0. The fourth-order valence-corrected chi connectivity index (χ4v) is 2.14. The SMILES string of the molecule is CCOC(=O)c1[nH]c(C)c(C=Nc2ccc(C)cc2)c1C. The molecule has 0 saturated heterocycles. The smallest absolute Gasteiger partial charge is 0.355 e. The molecule has 0 aliphatic carbocycles. The summed E-state index contributed by atoms with van der Waals surface area (Å²) in [6.07, 6.45) is 1.79. The number of esters is 1. The van der Waals surface area contributed by atoms with Crippen molar-refractivity contribution in [2.75, 3.05) is 6.61 Å². The third kappa shape index (κ3) is 3.40. The van der Waals surface area contributed by atoms with Crippen LogP contribution < -0.4 is 0 Å². The molecule has 0 aliphatic rings. The zero-order valence-electron chi connectivity index (χ0n) is 12.9. The van der Waals surface area contributed by atoms with E-state index < -0.39 is 0 Å². The lowest BCUT2D eigenvalue weighted by Gasteiger charge is -2.00. The van der Waals surface area contributed by atoms with Crippen LogP contribution in [0.15, 0.2) is 29.3 Å². The van der Waals surface area contributed by atoms with Crippen molar-refractivity contribution in [3.05, 3.63) is 52.3 Å². The number of ether oxygens (including phenoxy) is 1. The summed E-state index contributed by atoms with van der Waals surface area (Å²) < 4.78 is 5.04. The van der Waals surface area contributed by atoms with Gasteiger partial charge in [0.2, 0.25) is 0 Å². The van der Waals surface area contributed by atoms with E-state index in [9.17, 15) is 4.79 Å². The quantitative estimate of drug-likeness (QED) is 0.684. The van der Waals surface area contributed by atoms with Crippen molar-refractivity contribution in [3.8, 4) is 0 Å². The van der Waals surface area contributed by atoms with Crippen molar-refractivity contribution >= 4 is 17.9 Å². The van der Waals surface area contributed by atoms with Crippen LogP contribution >= 0.6 is 0 Å². The maximum absolute atomic E-state index is 11.8. The molecular formula is C17H20N2O2. The van der Waals surface area contributed by atoms with Gasteiger partial charge in [-0.05, 0) is 45.4 Å². The van der Waals surface area contributed by atoms with E-state index in [0.717, 1.165) is 22.5 Å². The fourth-order valence-electron chi connectivity index (χ4n) is 2.14. The Morgan fingerprint density at radius 2 is 1.90 bits per heavy atom. The van der Waals surface area contributed by atoms with Gasteiger partial charge in [0.15, 0.2) is 0 Å². The van der Waals surface area contributed by atoms with Gasteiger partial charge in [0.05, 0.1) is 12.3 Å². The molecule has 0 saturated carbocycles. The number of H-pyrrole nitrogens is 1. The number of nitrogens with zero attached hydrogens (tertiary/aromatic N) is 1. The number of rotatable bonds is 4. The number of hydrogen-bond donors (Lipinski definition) is 1. The molecule has 2 aromatic rings. The summed E-state index contributed by atoms with van der Waals surface area (Å²) in [6.45, 7) is 8.02. The highest BCUT2D eigenvalue weighted by Crippen LogP contribution is 2.19. The maximum Gasteiger partial charge on any atom is 0.355 e. The van der Waals surface area contributed by atoms with Crippen molar-refractivity contribution in [2.45, 2.75) is 27.7 Å². The summed E-state index contributed by atoms with van der Waals surface area (Å²) in [5, 5.41) is 0. The normalized spacial score (nSPS) is 11.0. The van der Waals surface area contributed by atoms with Crippen LogP contribution in [0.1, 0.15) is 39.8 Å². The third-order valence-corrected chi connectivity index (χ3v) is 3.35. The number of nitrogens with one attached hydrogen (secondary N) is 1. The van der Waals surface area contributed by atoms with Crippen LogP contribution in [0.3, 0.4) is 0 Å². The molecule has 4 heteroatoms. The van der Waals surface area contributed by atoms with Crippen molar-refractivity contribution in [1.82, 2.24) is 4.98 Å². The standard InChI is InChI=1S/C17H20N2O2/c1-5-21-17(20)16-12(3)15(13(4)19-16)10-18-14-8-6-11(2)7-9-14/h6-10,19H,5H2,1-4H3. The second kappa shape index (κ2) is 6.39. The molecule has 0 radical (unpaired) electrons. The molecule has 1 aromatic carbocycles. The predicted octanol–water partition coefficient (Wildman–Crippen LogP) is 3.87. The van der Waals surface area contributed by atoms with Gasteiger partial charge in [-0.3, -0.25) is 4.99 Å². The average Bonchev–Trinajstić information content (AvgIpc) is 2.74. The Labute approximate surface area is 124 Å². The van der Waals surface area contributed by atoms with Gasteiger partial charge in [0, 0.05) is 17.5 Å². The molecule has 4 nitrogen and oxygen atoms in total. The summed E-state index contributed by atoms with van der Waals surface area (Å²) in [7, 11) is 0. The largest absolute Gasteiger partial charge is 0.461 e. The molecule has 1 heterocycles. The van der Waals surface area contributed by atoms with Crippen molar-refractivity contribution in [1.29, 1.82) is 0 Å². The van der Waals surface area contributed by atoms with E-state index in [1.807, 2.05) is 45.0 Å². The lowest BCUT2D eigenvalue weighted by Crippen LogP contribution is -2.06. The first-order valence-corrected chi connectivity index (χ1v) is 7.00. The highest BCUT2D eigenvalue weighted by Gasteiger charge is 2.17. The molecular weight excluding hydrogens is 264 g/mol. The number of aryl methyl sites for hydroxylation is 2. The van der Waals surface area contributed by atoms with Crippen LogP contribution in [0.25, 0.3) is 0 Å². The third-order valence-electron chi connectivity index (χ3n) is 3.35. The van der Waals surface area contributed by atoms with E-state index in [4.69, 9.17) is 4.74 Å². The zero-order chi connectivity index (χ0) is 15.4. The van der Waals surface area contributed by atoms with E-state index in [-0.39, 0.29) is 5.97 Å². The van der Waals surface area contributed by atoms with E-state index in [1.54, 1.807) is 13.1 Å². The zero-order valence-corrected chi connectivity index (χ0v) is 12.9. The molecule has 2 rings (SSSR count). The molecule has 0 fully saturated rings. The van der Waals surface area contributed by atoms with Gasteiger partial charge < -0.3 is 9.72 Å². The van der Waals surface area contributed by atoms with Crippen molar-refractivity contribution in [2.24, 2.45) is 4.99 Å². The molecule has 0 spiro atoms. The van der Waals surface area contributed by atoms with Crippen LogP contribution in [0.5, 0.6) is 0 Å². The first kappa shape index (κ1) is 15.0. The molecule has 0 bridgehead atoms. The van der Waals surface area contributed by atoms with Gasteiger partial charge in [-0.15, -0.1) is 0 Å². The number of aliphatic imine (C=N–C) groups is 1. The molecule has 1 aromatic heterocycles. The number of hydrogen-bond acceptors (Lipinski definition) is 3. The Bertz CT molecular complexity index is 667. The highest BCUT2D eigenvalue weighted by molar-refractivity contribution is 5.95. The summed E-state index contributed by atoms with van der Waals surface area (Å²) >= 11 is 0. The van der Waals surface area contributed by atoms with Crippen LogP contribution in [0.2, 0.25) is 0 Å². The topological polar surface area (TPSA) is 54.5 Å². The Morgan fingerprint density at radius 1 is 1.24 bits per heavy atom. The van der Waals surface area contributed by atoms with E-state index >= 15 is 0 Å². The van der Waals surface area contributed by atoms with Crippen molar-refractivity contribution < 1.29 is 9.53 Å². The summed E-state index contributed by atoms with van der Waals surface area (Å²) in [5.74, 6) is -0.326. The molecule has 0 unspecified atom stereocenters. The van der Waals surface area contributed by atoms with Crippen molar-refractivity contribution in [3.63, 3.8) is 0 Å². The molecule has 1 N–H and O–H groups in total. The van der Waals surface area contributed by atoms with Crippen LogP contribution in [-0.4, -0.2) is 23.8 Å². The minimum absolute atomic E-state index is 0.326. The number of benzene rings is 1. The predicted molar refractivity (Wildman–Crippen MR) is 84.7 cm³/mol. The molecule has 0 aliphatic heterocycles. The Hall–Kier alpha value is -2.36. The van der Waals surface area contributed by atoms with E-state index in [0.29, 0.717) is 12.3 Å². The van der Waals surface area contributed by atoms with Crippen LogP contribution in [-0.2, 0) is 4.74 Å². The van der Waals surface area contributed by atoms with Crippen LogP contribution in [0.4, 0.5) is 5.69 Å². The Kier molecular flexibility index (Phi) is 4.58. The first-order valence-electron chi connectivity index (χ1n) is 7.00. The number of carbonyl (C=O) groups excluding carboxylic acids is 1. The average molecular weight is 284 g/mol. The highest BCUT2D eigenvalue weighted by atomic mass is 16.5. The summed E-state index contributed by atoms with van der Waals surface area (Å²) in [5.41, 5.74) is 5.29. The van der Waals surface area contributed by atoms with Gasteiger partial charge in [-0.25, -0.2) is 4.79 Å². The fraction of sp³-hybridized carbons (Fsp3) is 0.294. The second-order valence-electron chi connectivity index (χ2n) is 4.98. The van der Waals surface area contributed by atoms with E-state index in [1.165, 1.54) is 5.56 Å². The van der Waals surface area contributed by atoms with Gasteiger partial charge in [-0.2, -0.15) is 0 Å². The van der Waals surface area contributed by atoms with Crippen LogP contribution in [0, 0.1) is 20.8 Å². The minimum atomic E-state index is -0.326. The molecule has 0 atom stereocenters. The summed E-state index contributed by atoms with van der Waals surface area (Å²) in [6, 6.07) is 7.98. The lowest BCUT2D eigenvalue weighted by atomic mass is 10.1. The molecule has 21 heavy (non-hydrogen) atoms. The van der Waals surface area contributed by atoms with Gasteiger partial charge in [0.1, 0.15) is 5.69 Å². The maximum atomic E-state index is 11.8. The molecule has 110 valence electrons. The minimum Gasteiger partial charge on any atom is -0.461 e. The lowest BCUT2D eigenvalue weighted by molar-refractivity contribution is 0.0519. The number of carbonyl (C=O) groups is 1. The monoisotopic (exact) mass is 284 g/mol. The van der Waals surface area contributed by atoms with Gasteiger partial charge in [-0.1, -0.05) is 17.7 Å². The van der Waals surface area contributed by atoms with Gasteiger partial charge in [0.25, 0.3) is 0 Å². The Morgan fingerprint density at radius 3 is 2.52 bits per heavy atom. The van der Waals surface area contributed by atoms with Gasteiger partial charge >= 0.3 is 5.97 Å². The second-order valence-corrected chi connectivity index (χ2v) is 4.98. The number of aromatic nitrogens is 1. The summed E-state index contributed by atoms with van der Waals surface area (Å²) in [4.78, 5) is 19.4. The van der Waals surface area contributed by atoms with E-state index in [2.05, 4.69) is 9.98 Å². The number of aromatic amines is 1.